The smallest absolute Gasteiger partial charge is 0.416 e. The minimum absolute atomic E-state index is 0.107. The Balaban J connectivity index is 1.76. The minimum atomic E-state index is -4.50. The van der Waals surface area contributed by atoms with E-state index in [1.807, 2.05) is 30.9 Å². The van der Waals surface area contributed by atoms with Crippen molar-refractivity contribution in [3.05, 3.63) is 53.1 Å². The van der Waals surface area contributed by atoms with E-state index >= 15 is 0 Å². The number of carbonyl (C=O) groups is 1. The zero-order valence-corrected chi connectivity index (χ0v) is 16.3. The lowest BCUT2D eigenvalue weighted by molar-refractivity contribution is -0.137. The van der Waals surface area contributed by atoms with Gasteiger partial charge in [-0.05, 0) is 43.7 Å². The third-order valence-corrected chi connectivity index (χ3v) is 4.64. The van der Waals surface area contributed by atoms with Crippen molar-refractivity contribution in [2.45, 2.75) is 20.0 Å². The highest BCUT2D eigenvalue weighted by Crippen LogP contribution is 2.35. The van der Waals surface area contributed by atoms with Crippen LogP contribution in [0.1, 0.15) is 16.7 Å². The topological polar surface area (TPSA) is 50.8 Å². The van der Waals surface area contributed by atoms with Gasteiger partial charge in [-0.3, -0.25) is 4.79 Å². The number of anilines is 2. The van der Waals surface area contributed by atoms with Gasteiger partial charge in [-0.15, -0.1) is 0 Å². The van der Waals surface area contributed by atoms with Crippen LogP contribution in [0.3, 0.4) is 0 Å². The average Bonchev–Trinajstić information content (AvgIpc) is 2.67. The number of nitrogens with one attached hydrogen (secondary N) is 1. The highest BCUT2D eigenvalue weighted by molar-refractivity contribution is 5.95. The van der Waals surface area contributed by atoms with Crippen LogP contribution in [0.5, 0.6) is 5.75 Å². The molecule has 0 spiro atoms. The second-order valence-corrected chi connectivity index (χ2v) is 6.93. The fourth-order valence-electron chi connectivity index (χ4n) is 3.18. The Morgan fingerprint density at radius 3 is 2.52 bits per heavy atom. The van der Waals surface area contributed by atoms with Crippen molar-refractivity contribution in [2.24, 2.45) is 0 Å². The van der Waals surface area contributed by atoms with E-state index in [9.17, 15) is 18.0 Å². The highest BCUT2D eigenvalue weighted by Gasteiger charge is 2.32. The lowest BCUT2D eigenvalue weighted by Gasteiger charge is -2.31. The molecule has 0 atom stereocenters. The Labute approximate surface area is 167 Å². The van der Waals surface area contributed by atoms with E-state index in [4.69, 9.17) is 9.47 Å². The molecule has 0 saturated carbocycles. The maximum atomic E-state index is 13.2. The third kappa shape index (κ3) is 5.41. The van der Waals surface area contributed by atoms with Crippen molar-refractivity contribution in [2.75, 3.05) is 43.1 Å². The van der Waals surface area contributed by atoms with Gasteiger partial charge in [-0.25, -0.2) is 0 Å². The number of alkyl halides is 3. The number of morpholine rings is 1. The largest absolute Gasteiger partial charge is 0.483 e. The van der Waals surface area contributed by atoms with Crippen LogP contribution >= 0.6 is 0 Å². The molecule has 156 valence electrons. The van der Waals surface area contributed by atoms with Crippen molar-refractivity contribution in [3.8, 4) is 5.75 Å². The molecule has 1 saturated heterocycles. The van der Waals surface area contributed by atoms with Crippen LogP contribution < -0.4 is 15.0 Å². The molecular weight excluding hydrogens is 385 g/mol. The van der Waals surface area contributed by atoms with Crippen LogP contribution in [0.15, 0.2) is 36.4 Å². The van der Waals surface area contributed by atoms with Crippen LogP contribution in [0.25, 0.3) is 0 Å². The summed E-state index contributed by atoms with van der Waals surface area (Å²) in [5.41, 5.74) is 1.77. The van der Waals surface area contributed by atoms with Gasteiger partial charge in [0, 0.05) is 13.1 Å². The third-order valence-electron chi connectivity index (χ3n) is 4.64. The number of carbonyl (C=O) groups excluding carboxylic acids is 1. The number of nitrogens with zero attached hydrogens (tertiary/aromatic N) is 1. The molecule has 0 bridgehead atoms. The molecule has 0 aliphatic carbocycles. The summed E-state index contributed by atoms with van der Waals surface area (Å²) < 4.78 is 50.3. The first kappa shape index (κ1) is 21.0. The SMILES string of the molecule is Cc1ccc(OCC(=O)Nc2cc(C(F)(F)F)ccc2N2CCOCC2)c(C)c1. The summed E-state index contributed by atoms with van der Waals surface area (Å²) in [6, 6.07) is 8.92. The maximum Gasteiger partial charge on any atom is 0.416 e. The molecule has 1 heterocycles. The van der Waals surface area contributed by atoms with Gasteiger partial charge in [0.2, 0.25) is 0 Å². The lowest BCUT2D eigenvalue weighted by Crippen LogP contribution is -2.37. The van der Waals surface area contributed by atoms with Crippen molar-refractivity contribution < 1.29 is 27.4 Å². The van der Waals surface area contributed by atoms with Crippen LogP contribution in [0.4, 0.5) is 24.5 Å². The number of halogens is 3. The van der Waals surface area contributed by atoms with Crippen LogP contribution in [-0.2, 0) is 15.7 Å². The summed E-state index contributed by atoms with van der Waals surface area (Å²) in [5.74, 6) is 0.0296. The molecule has 0 unspecified atom stereocenters. The normalized spacial score (nSPS) is 14.6. The van der Waals surface area contributed by atoms with E-state index in [1.165, 1.54) is 6.07 Å². The van der Waals surface area contributed by atoms with E-state index in [1.54, 1.807) is 6.07 Å². The van der Waals surface area contributed by atoms with Crippen molar-refractivity contribution in [1.82, 2.24) is 0 Å². The van der Waals surface area contributed by atoms with Crippen molar-refractivity contribution >= 4 is 17.3 Å². The summed E-state index contributed by atoms with van der Waals surface area (Å²) in [5, 5.41) is 2.57. The minimum Gasteiger partial charge on any atom is -0.483 e. The number of aryl methyl sites for hydroxylation is 2. The first-order valence-corrected chi connectivity index (χ1v) is 9.28. The number of rotatable bonds is 5. The fraction of sp³-hybridized carbons (Fsp3) is 0.381. The fourth-order valence-corrected chi connectivity index (χ4v) is 3.18. The number of ether oxygens (including phenoxy) is 2. The summed E-state index contributed by atoms with van der Waals surface area (Å²) in [6.07, 6.45) is -4.50. The quantitative estimate of drug-likeness (QED) is 0.807. The Kier molecular flexibility index (Phi) is 6.32. The summed E-state index contributed by atoms with van der Waals surface area (Å²) in [6.45, 7) is 5.53. The lowest BCUT2D eigenvalue weighted by atomic mass is 10.1. The van der Waals surface area contributed by atoms with Crippen molar-refractivity contribution in [1.29, 1.82) is 0 Å². The monoisotopic (exact) mass is 408 g/mol. The molecule has 1 amide bonds. The zero-order chi connectivity index (χ0) is 21.0. The number of hydrogen-bond donors (Lipinski definition) is 1. The van der Waals surface area contributed by atoms with E-state index in [0.29, 0.717) is 37.7 Å². The molecule has 1 aliphatic rings. The van der Waals surface area contributed by atoms with Gasteiger partial charge in [-0.2, -0.15) is 13.2 Å². The molecule has 1 N–H and O–H groups in total. The number of benzene rings is 2. The van der Waals surface area contributed by atoms with E-state index in [-0.39, 0.29) is 12.3 Å². The van der Waals surface area contributed by atoms with Crippen LogP contribution in [-0.4, -0.2) is 38.8 Å². The van der Waals surface area contributed by atoms with Gasteiger partial charge in [0.25, 0.3) is 5.91 Å². The predicted octanol–water partition coefficient (Wildman–Crippen LogP) is 4.18. The van der Waals surface area contributed by atoms with E-state index in [0.717, 1.165) is 23.3 Å². The second-order valence-electron chi connectivity index (χ2n) is 6.93. The van der Waals surface area contributed by atoms with Gasteiger partial charge in [0.15, 0.2) is 6.61 Å². The number of amides is 1. The highest BCUT2D eigenvalue weighted by atomic mass is 19.4. The first-order valence-electron chi connectivity index (χ1n) is 9.28. The molecule has 1 aliphatic heterocycles. The summed E-state index contributed by atoms with van der Waals surface area (Å²) >= 11 is 0. The first-order chi connectivity index (χ1) is 13.7. The van der Waals surface area contributed by atoms with Gasteiger partial charge in [0.05, 0.1) is 30.2 Å². The Morgan fingerprint density at radius 2 is 1.86 bits per heavy atom. The van der Waals surface area contributed by atoms with Gasteiger partial charge >= 0.3 is 6.18 Å². The maximum absolute atomic E-state index is 13.2. The molecule has 1 fully saturated rings. The molecular formula is C21H23F3N2O3. The van der Waals surface area contributed by atoms with Crippen LogP contribution in [0.2, 0.25) is 0 Å². The van der Waals surface area contributed by atoms with Crippen molar-refractivity contribution in [3.63, 3.8) is 0 Å². The molecule has 0 aromatic heterocycles. The van der Waals surface area contributed by atoms with E-state index < -0.39 is 17.6 Å². The molecule has 8 heteroatoms. The summed E-state index contributed by atoms with van der Waals surface area (Å²) in [4.78, 5) is 14.3. The zero-order valence-electron chi connectivity index (χ0n) is 16.3. The van der Waals surface area contributed by atoms with Gasteiger partial charge in [0.1, 0.15) is 5.75 Å². The average molecular weight is 408 g/mol. The number of hydrogen-bond acceptors (Lipinski definition) is 4. The van der Waals surface area contributed by atoms with Gasteiger partial charge < -0.3 is 19.7 Å². The molecule has 3 rings (SSSR count). The summed E-state index contributed by atoms with van der Waals surface area (Å²) in [7, 11) is 0. The Morgan fingerprint density at radius 1 is 1.14 bits per heavy atom. The molecule has 2 aromatic rings. The Hall–Kier alpha value is -2.74. The second kappa shape index (κ2) is 8.73. The molecule has 0 radical (unpaired) electrons. The van der Waals surface area contributed by atoms with Gasteiger partial charge in [-0.1, -0.05) is 17.7 Å². The molecule has 5 nitrogen and oxygen atoms in total. The molecule has 2 aromatic carbocycles. The Bertz CT molecular complexity index is 878. The standard InChI is InChI=1S/C21H23F3N2O3/c1-14-3-6-19(15(2)11-14)29-13-20(27)25-17-12-16(21(22,23)24)4-5-18(17)26-7-9-28-10-8-26/h3-6,11-12H,7-10,13H2,1-2H3,(H,25,27). The molecule has 29 heavy (non-hydrogen) atoms. The predicted molar refractivity (Wildman–Crippen MR) is 105 cm³/mol. The van der Waals surface area contributed by atoms with Crippen LogP contribution in [0, 0.1) is 13.8 Å². The van der Waals surface area contributed by atoms with E-state index in [2.05, 4.69) is 5.32 Å².